The summed E-state index contributed by atoms with van der Waals surface area (Å²) >= 11 is 2.89. The van der Waals surface area contributed by atoms with E-state index in [1.165, 1.54) is 34.8 Å². The molecule has 8 heteroatoms. The smallest absolute Gasteiger partial charge is 0.265 e. The second kappa shape index (κ2) is 8.65. The molecule has 2 aromatic heterocycles. The van der Waals surface area contributed by atoms with E-state index in [0.717, 1.165) is 26.0 Å². The Bertz CT molecular complexity index is 1070. The summed E-state index contributed by atoms with van der Waals surface area (Å²) in [4.78, 5) is 36.3. The van der Waals surface area contributed by atoms with Gasteiger partial charge in [-0.2, -0.15) is 0 Å². The first-order valence-electron chi connectivity index (χ1n) is 9.76. The fraction of sp³-hybridized carbons (Fsp3) is 0.318. The number of halogens is 1. The molecule has 3 heterocycles. The van der Waals surface area contributed by atoms with Crippen LogP contribution in [0.2, 0.25) is 0 Å². The lowest BCUT2D eigenvalue weighted by molar-refractivity contribution is 0.0540. The molecule has 0 aliphatic carbocycles. The number of thiazole rings is 1. The first kappa shape index (κ1) is 20.7. The fourth-order valence-electron chi connectivity index (χ4n) is 3.46. The van der Waals surface area contributed by atoms with E-state index < -0.39 is 0 Å². The van der Waals surface area contributed by atoms with Gasteiger partial charge in [0.15, 0.2) is 0 Å². The molecule has 2 amide bonds. The molecule has 0 bridgehead atoms. The molecule has 0 saturated carbocycles. The minimum Gasteiger partial charge on any atom is -0.334 e. The maximum absolute atomic E-state index is 13.1. The Kier molecular flexibility index (Phi) is 5.97. The maximum Gasteiger partial charge on any atom is 0.265 e. The number of aryl methyl sites for hydroxylation is 2. The van der Waals surface area contributed by atoms with E-state index in [4.69, 9.17) is 0 Å². The standard InChI is InChI=1S/C22H22FN3O2S2/c1-14-3-8-18(29-14)21(27)25-9-11-26(12-10-25)22(28)20-15(2)24-19(30-20)13-16-4-6-17(23)7-5-16/h3-8H,9-13H2,1-2H3. The van der Waals surface area contributed by atoms with Gasteiger partial charge < -0.3 is 9.80 Å². The summed E-state index contributed by atoms with van der Waals surface area (Å²) in [6.45, 7) is 5.92. The van der Waals surface area contributed by atoms with Crippen molar-refractivity contribution >= 4 is 34.5 Å². The Morgan fingerprint density at radius 2 is 1.57 bits per heavy atom. The summed E-state index contributed by atoms with van der Waals surface area (Å²) in [5.41, 5.74) is 1.68. The van der Waals surface area contributed by atoms with Crippen LogP contribution in [0.25, 0.3) is 0 Å². The van der Waals surface area contributed by atoms with Gasteiger partial charge in [-0.25, -0.2) is 9.37 Å². The monoisotopic (exact) mass is 443 g/mol. The van der Waals surface area contributed by atoms with Crippen molar-refractivity contribution in [3.05, 3.63) is 73.1 Å². The van der Waals surface area contributed by atoms with Gasteiger partial charge in [-0.1, -0.05) is 12.1 Å². The minimum absolute atomic E-state index is 0.0329. The lowest BCUT2D eigenvalue weighted by Gasteiger charge is -2.34. The van der Waals surface area contributed by atoms with Gasteiger partial charge in [-0.05, 0) is 43.7 Å². The number of carbonyl (C=O) groups is 2. The number of nitrogens with zero attached hydrogens (tertiary/aromatic N) is 3. The summed E-state index contributed by atoms with van der Waals surface area (Å²) in [7, 11) is 0. The van der Waals surface area contributed by atoms with Crippen LogP contribution in [0.5, 0.6) is 0 Å². The van der Waals surface area contributed by atoms with Crippen molar-refractivity contribution in [1.29, 1.82) is 0 Å². The predicted octanol–water partition coefficient (Wildman–Crippen LogP) is 4.15. The van der Waals surface area contributed by atoms with Gasteiger partial charge in [0.05, 0.1) is 15.6 Å². The first-order chi connectivity index (χ1) is 14.4. The molecule has 0 atom stereocenters. The van der Waals surface area contributed by atoms with Gasteiger partial charge in [0.25, 0.3) is 11.8 Å². The highest BCUT2D eigenvalue weighted by Gasteiger charge is 2.28. The molecule has 0 spiro atoms. The van der Waals surface area contributed by atoms with Crippen LogP contribution in [-0.4, -0.2) is 52.8 Å². The zero-order valence-electron chi connectivity index (χ0n) is 16.9. The molecule has 1 aromatic carbocycles. The number of piperazine rings is 1. The van der Waals surface area contributed by atoms with Crippen molar-refractivity contribution in [1.82, 2.24) is 14.8 Å². The van der Waals surface area contributed by atoms with Gasteiger partial charge in [-0.3, -0.25) is 9.59 Å². The van der Waals surface area contributed by atoms with Crippen LogP contribution in [0.3, 0.4) is 0 Å². The van der Waals surface area contributed by atoms with E-state index in [1.54, 1.807) is 17.0 Å². The van der Waals surface area contributed by atoms with E-state index in [-0.39, 0.29) is 17.6 Å². The maximum atomic E-state index is 13.1. The van der Waals surface area contributed by atoms with Gasteiger partial charge in [-0.15, -0.1) is 22.7 Å². The number of carbonyl (C=O) groups excluding carboxylic acids is 2. The van der Waals surface area contributed by atoms with Gasteiger partial charge in [0, 0.05) is 37.5 Å². The van der Waals surface area contributed by atoms with E-state index in [9.17, 15) is 14.0 Å². The molecule has 30 heavy (non-hydrogen) atoms. The number of benzene rings is 1. The topological polar surface area (TPSA) is 53.5 Å². The Hall–Kier alpha value is -2.58. The van der Waals surface area contributed by atoms with Gasteiger partial charge >= 0.3 is 0 Å². The van der Waals surface area contributed by atoms with Crippen molar-refractivity contribution in [2.45, 2.75) is 20.3 Å². The van der Waals surface area contributed by atoms with Crippen LogP contribution in [0, 0.1) is 19.7 Å². The number of rotatable bonds is 4. The number of amides is 2. The van der Waals surface area contributed by atoms with Crippen molar-refractivity contribution in [2.75, 3.05) is 26.2 Å². The highest BCUT2D eigenvalue weighted by Crippen LogP contribution is 2.24. The number of hydrogen-bond acceptors (Lipinski definition) is 5. The quantitative estimate of drug-likeness (QED) is 0.609. The lowest BCUT2D eigenvalue weighted by atomic mass is 10.1. The van der Waals surface area contributed by atoms with Crippen LogP contribution >= 0.6 is 22.7 Å². The first-order valence-corrected chi connectivity index (χ1v) is 11.4. The van der Waals surface area contributed by atoms with E-state index in [1.807, 2.05) is 30.9 Å². The van der Waals surface area contributed by atoms with Gasteiger partial charge in [0.1, 0.15) is 10.7 Å². The molecule has 1 aliphatic rings. The van der Waals surface area contributed by atoms with Crippen molar-refractivity contribution in [2.24, 2.45) is 0 Å². The summed E-state index contributed by atoms with van der Waals surface area (Å²) in [6.07, 6.45) is 0.571. The zero-order chi connectivity index (χ0) is 21.3. The highest BCUT2D eigenvalue weighted by atomic mass is 32.1. The second-order valence-electron chi connectivity index (χ2n) is 7.32. The molecule has 0 N–H and O–H groups in total. The largest absolute Gasteiger partial charge is 0.334 e. The third-order valence-corrected chi connectivity index (χ3v) is 7.24. The lowest BCUT2D eigenvalue weighted by Crippen LogP contribution is -2.50. The number of aromatic nitrogens is 1. The summed E-state index contributed by atoms with van der Waals surface area (Å²) in [6, 6.07) is 10.1. The SMILES string of the molecule is Cc1ccc(C(=O)N2CCN(C(=O)c3sc(Cc4ccc(F)cc4)nc3C)CC2)s1. The highest BCUT2D eigenvalue weighted by molar-refractivity contribution is 7.14. The second-order valence-corrected chi connectivity index (χ2v) is 9.69. The number of hydrogen-bond donors (Lipinski definition) is 0. The molecule has 1 fully saturated rings. The van der Waals surface area contributed by atoms with E-state index in [0.29, 0.717) is 37.5 Å². The molecule has 5 nitrogen and oxygen atoms in total. The average molecular weight is 444 g/mol. The Morgan fingerprint density at radius 3 is 2.17 bits per heavy atom. The van der Waals surface area contributed by atoms with Gasteiger partial charge in [0.2, 0.25) is 0 Å². The fourth-order valence-corrected chi connectivity index (χ4v) is 5.37. The normalized spacial score (nSPS) is 14.2. The molecule has 156 valence electrons. The Labute approximate surface area is 182 Å². The Balaban J connectivity index is 1.39. The van der Waals surface area contributed by atoms with E-state index >= 15 is 0 Å². The van der Waals surface area contributed by atoms with E-state index in [2.05, 4.69) is 4.98 Å². The Morgan fingerprint density at radius 1 is 0.933 bits per heavy atom. The molecule has 0 unspecified atom stereocenters. The molecule has 1 saturated heterocycles. The molecule has 0 radical (unpaired) electrons. The molecular weight excluding hydrogens is 421 g/mol. The minimum atomic E-state index is -0.267. The van der Waals surface area contributed by atoms with Crippen molar-refractivity contribution in [3.63, 3.8) is 0 Å². The van der Waals surface area contributed by atoms with Crippen LogP contribution < -0.4 is 0 Å². The van der Waals surface area contributed by atoms with Crippen LogP contribution in [0.4, 0.5) is 4.39 Å². The summed E-state index contributed by atoms with van der Waals surface area (Å²) < 4.78 is 13.1. The van der Waals surface area contributed by atoms with Crippen molar-refractivity contribution in [3.8, 4) is 0 Å². The molecule has 3 aromatic rings. The third-order valence-electron chi connectivity index (χ3n) is 5.11. The van der Waals surface area contributed by atoms with Crippen molar-refractivity contribution < 1.29 is 14.0 Å². The average Bonchev–Trinajstić information content (AvgIpc) is 3.34. The van der Waals surface area contributed by atoms with Crippen LogP contribution in [0.15, 0.2) is 36.4 Å². The zero-order valence-corrected chi connectivity index (χ0v) is 18.5. The molecular formula is C22H22FN3O2S2. The molecule has 4 rings (SSSR count). The number of thiophene rings is 1. The molecule has 1 aliphatic heterocycles. The van der Waals surface area contributed by atoms with Crippen LogP contribution in [-0.2, 0) is 6.42 Å². The third kappa shape index (κ3) is 4.44. The van der Waals surface area contributed by atoms with Crippen LogP contribution in [0.1, 0.15) is 40.5 Å². The summed E-state index contributed by atoms with van der Waals surface area (Å²) in [5, 5.41) is 0.837. The summed E-state index contributed by atoms with van der Waals surface area (Å²) in [5.74, 6) is -0.262. The predicted molar refractivity (Wildman–Crippen MR) is 117 cm³/mol.